The van der Waals surface area contributed by atoms with E-state index in [0.29, 0.717) is 37.3 Å². The molecular formula is C29H21F4N7O2S. The number of anilines is 2. The summed E-state index contributed by atoms with van der Waals surface area (Å²) in [5.74, 6) is -2.44. The number of benzene rings is 2. The minimum Gasteiger partial charge on any atom is -0.360 e. The van der Waals surface area contributed by atoms with Gasteiger partial charge >= 0.3 is 6.18 Å². The van der Waals surface area contributed by atoms with Crippen molar-refractivity contribution in [2.75, 3.05) is 9.80 Å². The van der Waals surface area contributed by atoms with Gasteiger partial charge in [0.15, 0.2) is 5.11 Å². The van der Waals surface area contributed by atoms with E-state index < -0.39 is 40.7 Å². The Morgan fingerprint density at radius 2 is 1.88 bits per heavy atom. The van der Waals surface area contributed by atoms with Gasteiger partial charge in [-0.1, -0.05) is 25.5 Å². The Labute approximate surface area is 247 Å². The van der Waals surface area contributed by atoms with Gasteiger partial charge in [0.1, 0.15) is 17.6 Å². The van der Waals surface area contributed by atoms with Gasteiger partial charge in [-0.15, -0.1) is 4.98 Å². The summed E-state index contributed by atoms with van der Waals surface area (Å²) in [5.41, 5.74) is -1.13. The number of hydrogen-bond donors (Lipinski definition) is 2. The van der Waals surface area contributed by atoms with Gasteiger partial charge in [0, 0.05) is 28.7 Å². The maximum Gasteiger partial charge on any atom is 0.409 e. The lowest BCUT2D eigenvalue weighted by Gasteiger charge is -2.32. The van der Waals surface area contributed by atoms with Crippen LogP contribution in [0.15, 0.2) is 54.9 Å². The van der Waals surface area contributed by atoms with Crippen LogP contribution in [0.25, 0.3) is 15.7 Å². The highest BCUT2D eigenvalue weighted by molar-refractivity contribution is 7.81. The van der Waals surface area contributed by atoms with Crippen molar-refractivity contribution >= 4 is 57.2 Å². The zero-order chi connectivity index (χ0) is 30.5. The molecule has 0 bridgehead atoms. The van der Waals surface area contributed by atoms with Gasteiger partial charge in [-0.05, 0) is 61.5 Å². The molecule has 0 atom stereocenters. The molecule has 1 saturated carbocycles. The number of aromatic nitrogens is 3. The van der Waals surface area contributed by atoms with Crippen LogP contribution < -0.4 is 15.1 Å². The van der Waals surface area contributed by atoms with Crippen molar-refractivity contribution in [3.63, 3.8) is 0 Å². The molecule has 2 amide bonds. The number of fused-ring (bicyclic) bond motifs is 1. The van der Waals surface area contributed by atoms with Gasteiger partial charge in [-0.3, -0.25) is 19.6 Å². The van der Waals surface area contributed by atoms with Gasteiger partial charge in [-0.2, -0.15) is 18.3 Å². The fourth-order valence-electron chi connectivity index (χ4n) is 5.70. The Morgan fingerprint density at radius 1 is 1.12 bits per heavy atom. The van der Waals surface area contributed by atoms with E-state index >= 15 is 4.39 Å². The third-order valence-electron chi connectivity index (χ3n) is 7.80. The first-order valence-corrected chi connectivity index (χ1v) is 13.6. The van der Waals surface area contributed by atoms with Gasteiger partial charge < -0.3 is 15.1 Å². The first-order chi connectivity index (χ1) is 20.5. The molecule has 1 spiro atoms. The maximum absolute atomic E-state index is 15.4. The summed E-state index contributed by atoms with van der Waals surface area (Å²) in [6.45, 7) is 6.93. The Hall–Kier alpha value is -4.90. The van der Waals surface area contributed by atoms with Crippen molar-refractivity contribution in [2.24, 2.45) is 0 Å². The Morgan fingerprint density at radius 3 is 2.58 bits per heavy atom. The van der Waals surface area contributed by atoms with E-state index in [0.717, 1.165) is 22.0 Å². The number of nitrogens with one attached hydrogen (secondary N) is 2. The fraction of sp³-hybridized carbons (Fsp3) is 0.241. The molecule has 0 unspecified atom stereocenters. The lowest BCUT2D eigenvalue weighted by molar-refractivity contribution is -0.137. The standard InChI is InChI=1S/C29H21F4N7O2S/c1-34-24-21(29(31,32)33)11-20(15-35-24)39-26(42)28(8-2-3-9-28)40(27(39)43)19-6-4-17(22(30)12-19)13-36-25(41)16-5-7-23-18(10-16)14-37-38-23/h4-7,10-12,14-15H,2-3,8-9,13H2,(H,36,41)(H,37,38). The third kappa shape index (κ3) is 4.75. The number of pyridine rings is 1. The predicted molar refractivity (Wildman–Crippen MR) is 153 cm³/mol. The molecule has 0 radical (unpaired) electrons. The van der Waals surface area contributed by atoms with E-state index in [2.05, 4.69) is 25.3 Å². The monoisotopic (exact) mass is 607 g/mol. The minimum absolute atomic E-state index is 0.117. The number of thiocarbonyl (C=S) groups is 1. The molecule has 1 saturated heterocycles. The summed E-state index contributed by atoms with van der Waals surface area (Å²) in [4.78, 5) is 35.5. The molecule has 2 N–H and O–H groups in total. The number of alkyl halides is 3. The van der Waals surface area contributed by atoms with Crippen LogP contribution in [0.5, 0.6) is 0 Å². The normalized spacial score (nSPS) is 16.3. The van der Waals surface area contributed by atoms with E-state index in [1.807, 2.05) is 0 Å². The van der Waals surface area contributed by atoms with Crippen LogP contribution in [0.1, 0.15) is 47.2 Å². The van der Waals surface area contributed by atoms with Crippen LogP contribution in [0, 0.1) is 12.4 Å². The molecule has 2 aromatic heterocycles. The maximum atomic E-state index is 15.4. The van der Waals surface area contributed by atoms with Crippen molar-refractivity contribution < 1.29 is 27.2 Å². The molecule has 218 valence electrons. The van der Waals surface area contributed by atoms with E-state index in [9.17, 15) is 22.8 Å². The molecule has 2 aliphatic rings. The Kier molecular flexibility index (Phi) is 6.84. The fourth-order valence-corrected chi connectivity index (χ4v) is 6.17. The number of nitrogens with zero attached hydrogens (tertiary/aromatic N) is 5. The number of carbonyl (C=O) groups excluding carboxylic acids is 2. The van der Waals surface area contributed by atoms with Gasteiger partial charge in [-0.25, -0.2) is 4.39 Å². The average Bonchev–Trinajstić information content (AvgIpc) is 3.70. The predicted octanol–water partition coefficient (Wildman–Crippen LogP) is 6.05. The van der Waals surface area contributed by atoms with Gasteiger partial charge in [0.05, 0.1) is 23.0 Å². The molecule has 2 aromatic carbocycles. The minimum atomic E-state index is -4.88. The summed E-state index contributed by atoms with van der Waals surface area (Å²) in [5, 5.41) is 10.0. The van der Waals surface area contributed by atoms with Gasteiger partial charge in [0.2, 0.25) is 0 Å². The van der Waals surface area contributed by atoms with Crippen LogP contribution in [0.3, 0.4) is 0 Å². The van der Waals surface area contributed by atoms with Crippen molar-refractivity contribution in [1.82, 2.24) is 20.5 Å². The second-order valence-electron chi connectivity index (χ2n) is 10.3. The molecular weight excluding hydrogens is 586 g/mol. The number of amides is 2. The summed E-state index contributed by atoms with van der Waals surface area (Å²) >= 11 is 5.63. The second-order valence-corrected chi connectivity index (χ2v) is 10.7. The highest BCUT2D eigenvalue weighted by atomic mass is 32.1. The largest absolute Gasteiger partial charge is 0.409 e. The van der Waals surface area contributed by atoms with E-state index in [-0.39, 0.29) is 28.6 Å². The average molecular weight is 608 g/mol. The Balaban J connectivity index is 1.28. The highest BCUT2D eigenvalue weighted by Crippen LogP contribution is 2.47. The molecule has 1 aliphatic heterocycles. The smallest absolute Gasteiger partial charge is 0.360 e. The molecule has 43 heavy (non-hydrogen) atoms. The first kappa shape index (κ1) is 28.2. The topological polar surface area (TPSA) is 98.6 Å². The molecule has 4 aromatic rings. The van der Waals surface area contributed by atoms with Crippen LogP contribution >= 0.6 is 12.2 Å². The summed E-state index contributed by atoms with van der Waals surface area (Å²) in [6.07, 6.45) is -0.221. The third-order valence-corrected chi connectivity index (χ3v) is 8.17. The molecule has 3 heterocycles. The van der Waals surface area contributed by atoms with Crippen LogP contribution in [0.4, 0.5) is 34.8 Å². The molecule has 1 aliphatic carbocycles. The van der Waals surface area contributed by atoms with Crippen molar-refractivity contribution in [3.8, 4) is 0 Å². The zero-order valence-corrected chi connectivity index (χ0v) is 23.0. The number of carbonyl (C=O) groups is 2. The number of rotatable bonds is 5. The SMILES string of the molecule is [C-]#[N+]c1ncc(N2C(=O)C3(CCCC3)N(c3ccc(CNC(=O)c4ccc5[nH]ncc5c4)c(F)c3)C2=S)cc1C(F)(F)F. The number of aromatic amines is 1. The summed E-state index contributed by atoms with van der Waals surface area (Å²) in [6, 6.07) is 9.92. The van der Waals surface area contributed by atoms with Crippen LogP contribution in [-0.4, -0.2) is 37.6 Å². The van der Waals surface area contributed by atoms with Crippen LogP contribution in [-0.2, 0) is 17.5 Å². The lowest BCUT2D eigenvalue weighted by atomic mass is 9.94. The Bertz CT molecular complexity index is 1840. The molecule has 2 fully saturated rings. The van der Waals surface area contributed by atoms with E-state index in [1.54, 1.807) is 30.5 Å². The van der Waals surface area contributed by atoms with Crippen molar-refractivity contribution in [3.05, 3.63) is 88.8 Å². The van der Waals surface area contributed by atoms with Crippen molar-refractivity contribution in [2.45, 2.75) is 43.9 Å². The van der Waals surface area contributed by atoms with E-state index in [1.165, 1.54) is 17.0 Å². The second kappa shape index (κ2) is 10.4. The molecule has 9 nitrogen and oxygen atoms in total. The number of hydrogen-bond acceptors (Lipinski definition) is 5. The molecule has 14 heteroatoms. The van der Waals surface area contributed by atoms with E-state index in [4.69, 9.17) is 18.8 Å². The zero-order valence-electron chi connectivity index (χ0n) is 22.2. The van der Waals surface area contributed by atoms with Crippen molar-refractivity contribution in [1.29, 1.82) is 0 Å². The summed E-state index contributed by atoms with van der Waals surface area (Å²) < 4.78 is 56.4. The summed E-state index contributed by atoms with van der Waals surface area (Å²) in [7, 11) is 0. The first-order valence-electron chi connectivity index (χ1n) is 13.2. The van der Waals surface area contributed by atoms with Crippen LogP contribution in [0.2, 0.25) is 0 Å². The quantitative estimate of drug-likeness (QED) is 0.163. The highest BCUT2D eigenvalue weighted by Gasteiger charge is 2.58. The lowest BCUT2D eigenvalue weighted by Crippen LogP contribution is -2.47. The number of halogens is 4. The molecule has 6 rings (SSSR count). The number of H-pyrrole nitrogens is 1. The van der Waals surface area contributed by atoms with Gasteiger partial charge in [0.25, 0.3) is 17.6 Å².